The van der Waals surface area contributed by atoms with Gasteiger partial charge in [-0.05, 0) is 97.8 Å². The SMILES string of the molecule is COc1ccc(-n2nc3cc(C(=O)NC4(C(=O)Nc5ccc(-c6ccn(C)c(=O)c6)cc5)CCC4)ccc3c2C2CCCCC2)cc1. The fourth-order valence-corrected chi connectivity index (χ4v) is 6.89. The lowest BCUT2D eigenvalue weighted by molar-refractivity contribution is -0.125. The van der Waals surface area contributed by atoms with Crippen molar-refractivity contribution in [2.75, 3.05) is 12.4 Å². The summed E-state index contributed by atoms with van der Waals surface area (Å²) in [5, 5.41) is 12.1. The van der Waals surface area contributed by atoms with Crippen molar-refractivity contribution in [1.29, 1.82) is 0 Å². The number of nitrogens with zero attached hydrogens (tertiary/aromatic N) is 3. The van der Waals surface area contributed by atoms with E-state index in [1.54, 1.807) is 26.4 Å². The van der Waals surface area contributed by atoms with Gasteiger partial charge in [0.25, 0.3) is 11.5 Å². The summed E-state index contributed by atoms with van der Waals surface area (Å²) in [6, 6.07) is 24.5. The molecule has 9 nitrogen and oxygen atoms in total. The van der Waals surface area contributed by atoms with Crippen molar-refractivity contribution in [2.24, 2.45) is 7.05 Å². The number of hydrogen-bond donors (Lipinski definition) is 2. The normalized spacial score (nSPS) is 16.0. The van der Waals surface area contributed by atoms with Crippen LogP contribution in [0.5, 0.6) is 5.75 Å². The summed E-state index contributed by atoms with van der Waals surface area (Å²) in [7, 11) is 3.37. The molecular formula is C38H39N5O4. The number of pyridine rings is 1. The van der Waals surface area contributed by atoms with Gasteiger partial charge in [0, 0.05) is 41.9 Å². The average molecular weight is 630 g/mol. The molecule has 2 N–H and O–H groups in total. The van der Waals surface area contributed by atoms with Crippen molar-refractivity contribution in [1.82, 2.24) is 19.7 Å². The lowest BCUT2D eigenvalue weighted by Gasteiger charge is -2.40. The van der Waals surface area contributed by atoms with Crippen LogP contribution in [0.1, 0.15) is 73.3 Å². The monoisotopic (exact) mass is 629 g/mol. The van der Waals surface area contributed by atoms with E-state index >= 15 is 0 Å². The number of fused-ring (bicyclic) bond motifs is 1. The molecular weight excluding hydrogens is 590 g/mol. The van der Waals surface area contributed by atoms with Gasteiger partial charge in [0.2, 0.25) is 5.91 Å². The Kier molecular flexibility index (Phi) is 8.14. The van der Waals surface area contributed by atoms with Crippen molar-refractivity contribution in [2.45, 2.75) is 62.8 Å². The van der Waals surface area contributed by atoms with E-state index in [2.05, 4.69) is 10.6 Å². The Balaban J connectivity index is 1.11. The number of aryl methyl sites for hydroxylation is 1. The molecule has 0 aliphatic heterocycles. The Morgan fingerprint density at radius 1 is 0.872 bits per heavy atom. The maximum atomic E-state index is 13.7. The van der Waals surface area contributed by atoms with Crippen LogP contribution in [0.2, 0.25) is 0 Å². The minimum absolute atomic E-state index is 0.0862. The summed E-state index contributed by atoms with van der Waals surface area (Å²) >= 11 is 0. The Morgan fingerprint density at radius 3 is 2.28 bits per heavy atom. The first-order valence-corrected chi connectivity index (χ1v) is 16.4. The van der Waals surface area contributed by atoms with Gasteiger partial charge >= 0.3 is 0 Å². The van der Waals surface area contributed by atoms with E-state index in [-0.39, 0.29) is 17.4 Å². The molecule has 2 aromatic heterocycles. The number of anilines is 1. The first kappa shape index (κ1) is 30.5. The van der Waals surface area contributed by atoms with Gasteiger partial charge in [-0.1, -0.05) is 37.5 Å². The maximum Gasteiger partial charge on any atom is 0.252 e. The summed E-state index contributed by atoms with van der Waals surface area (Å²) in [6.07, 6.45) is 9.60. The number of rotatable bonds is 8. The van der Waals surface area contributed by atoms with Crippen molar-refractivity contribution < 1.29 is 14.3 Å². The molecule has 2 amide bonds. The van der Waals surface area contributed by atoms with Gasteiger partial charge in [0.05, 0.1) is 24.0 Å². The van der Waals surface area contributed by atoms with E-state index in [1.165, 1.54) is 29.5 Å². The average Bonchev–Trinajstić information content (AvgIpc) is 3.47. The molecule has 2 heterocycles. The van der Waals surface area contributed by atoms with Gasteiger partial charge in [0.1, 0.15) is 11.3 Å². The molecule has 0 atom stereocenters. The molecule has 0 radical (unpaired) electrons. The molecule has 7 rings (SSSR count). The van der Waals surface area contributed by atoms with Crippen LogP contribution in [0.4, 0.5) is 5.69 Å². The molecule has 0 saturated heterocycles. The number of aromatic nitrogens is 3. The van der Waals surface area contributed by atoms with Gasteiger partial charge in [0.15, 0.2) is 0 Å². The summed E-state index contributed by atoms with van der Waals surface area (Å²) < 4.78 is 8.93. The number of hydrogen-bond acceptors (Lipinski definition) is 5. The molecule has 5 aromatic rings. The smallest absolute Gasteiger partial charge is 0.252 e. The lowest BCUT2D eigenvalue weighted by Crippen LogP contribution is -2.61. The van der Waals surface area contributed by atoms with Crippen molar-refractivity contribution in [3.63, 3.8) is 0 Å². The highest BCUT2D eigenvalue weighted by Gasteiger charge is 2.45. The van der Waals surface area contributed by atoms with Crippen LogP contribution in [0.3, 0.4) is 0 Å². The van der Waals surface area contributed by atoms with Gasteiger partial charge in [-0.15, -0.1) is 0 Å². The third-order valence-electron chi connectivity index (χ3n) is 9.86. The predicted octanol–water partition coefficient (Wildman–Crippen LogP) is 6.74. The standard InChI is InChI=1S/C38H39N5O4/c1-42-22-19-27(24-34(42)44)25-9-12-29(13-10-25)39-37(46)38(20-6-21-38)40-36(45)28-11-18-32-33(23-28)41-43(30-14-16-31(47-2)17-15-30)35(32)26-7-4-3-5-8-26/h9-19,22-24,26H,3-8,20-21H2,1-2H3,(H,39,46)(H,40,45). The molecule has 240 valence electrons. The van der Waals surface area contributed by atoms with Crippen molar-refractivity contribution >= 4 is 28.4 Å². The van der Waals surface area contributed by atoms with Gasteiger partial charge in [-0.3, -0.25) is 14.4 Å². The second-order valence-electron chi connectivity index (χ2n) is 12.8. The summed E-state index contributed by atoms with van der Waals surface area (Å²) in [5.41, 5.74) is 4.63. The zero-order valence-electron chi connectivity index (χ0n) is 26.8. The van der Waals surface area contributed by atoms with Gasteiger partial charge in [-0.2, -0.15) is 5.10 Å². The fourth-order valence-electron chi connectivity index (χ4n) is 6.89. The molecule has 2 fully saturated rings. The van der Waals surface area contributed by atoms with Crippen molar-refractivity contribution in [3.05, 3.63) is 107 Å². The van der Waals surface area contributed by atoms with Crippen LogP contribution in [0, 0.1) is 0 Å². The van der Waals surface area contributed by atoms with E-state index in [1.807, 2.05) is 77.5 Å². The Morgan fingerprint density at radius 2 is 1.62 bits per heavy atom. The minimum atomic E-state index is -0.980. The highest BCUT2D eigenvalue weighted by atomic mass is 16.5. The number of nitrogens with one attached hydrogen (secondary N) is 2. The molecule has 47 heavy (non-hydrogen) atoms. The second-order valence-corrected chi connectivity index (χ2v) is 12.8. The predicted molar refractivity (Wildman–Crippen MR) is 183 cm³/mol. The molecule has 0 unspecified atom stereocenters. The Hall–Kier alpha value is -5.18. The van der Waals surface area contributed by atoms with Crippen LogP contribution < -0.4 is 20.9 Å². The van der Waals surface area contributed by atoms with Crippen LogP contribution in [-0.2, 0) is 11.8 Å². The van der Waals surface area contributed by atoms with Gasteiger partial charge in [-0.25, -0.2) is 4.68 Å². The molecule has 2 saturated carbocycles. The number of ether oxygens (including phenoxy) is 1. The Labute approximate surface area is 273 Å². The third kappa shape index (κ3) is 5.93. The van der Waals surface area contributed by atoms with E-state index < -0.39 is 5.54 Å². The van der Waals surface area contributed by atoms with Crippen LogP contribution in [-0.4, -0.2) is 38.8 Å². The first-order valence-electron chi connectivity index (χ1n) is 16.4. The first-order chi connectivity index (χ1) is 22.8. The summed E-state index contributed by atoms with van der Waals surface area (Å²) in [5.74, 6) is 0.658. The number of amides is 2. The van der Waals surface area contributed by atoms with Crippen LogP contribution >= 0.6 is 0 Å². The summed E-state index contributed by atoms with van der Waals surface area (Å²) in [4.78, 5) is 39.3. The minimum Gasteiger partial charge on any atom is -0.497 e. The molecule has 2 aliphatic carbocycles. The topological polar surface area (TPSA) is 107 Å². The molecule has 2 aliphatic rings. The Bertz CT molecular complexity index is 2000. The number of carbonyl (C=O) groups is 2. The largest absolute Gasteiger partial charge is 0.497 e. The van der Waals surface area contributed by atoms with Crippen molar-refractivity contribution in [3.8, 4) is 22.6 Å². The number of methoxy groups -OCH3 is 1. The second kappa shape index (κ2) is 12.5. The molecule has 0 spiro atoms. The van der Waals surface area contributed by atoms with Crippen LogP contribution in [0.25, 0.3) is 27.7 Å². The highest BCUT2D eigenvalue weighted by molar-refractivity contribution is 6.05. The molecule has 0 bridgehead atoms. The number of carbonyl (C=O) groups excluding carboxylic acids is 2. The molecule has 3 aromatic carbocycles. The number of benzene rings is 3. The third-order valence-corrected chi connectivity index (χ3v) is 9.86. The summed E-state index contributed by atoms with van der Waals surface area (Å²) in [6.45, 7) is 0. The maximum absolute atomic E-state index is 13.7. The lowest BCUT2D eigenvalue weighted by atomic mass is 9.75. The van der Waals surface area contributed by atoms with E-state index in [9.17, 15) is 14.4 Å². The van der Waals surface area contributed by atoms with Gasteiger partial charge < -0.3 is 19.9 Å². The van der Waals surface area contributed by atoms with E-state index in [0.29, 0.717) is 30.0 Å². The zero-order chi connectivity index (χ0) is 32.5. The van der Waals surface area contributed by atoms with E-state index in [0.717, 1.165) is 52.7 Å². The zero-order valence-corrected chi connectivity index (χ0v) is 26.8. The van der Waals surface area contributed by atoms with Crippen LogP contribution in [0.15, 0.2) is 89.9 Å². The highest BCUT2D eigenvalue weighted by Crippen LogP contribution is 2.39. The quantitative estimate of drug-likeness (QED) is 0.198. The molecule has 9 heteroatoms. The van der Waals surface area contributed by atoms with E-state index in [4.69, 9.17) is 9.84 Å². The fraction of sp³-hybridized carbons (Fsp3) is 0.316.